The lowest BCUT2D eigenvalue weighted by Crippen LogP contribution is -2.40. The number of rotatable bonds is 5. The van der Waals surface area contributed by atoms with Crippen molar-refractivity contribution in [2.75, 3.05) is 31.1 Å². The maximum atomic E-state index is 11.8. The Hall–Kier alpha value is -1.36. The Morgan fingerprint density at radius 1 is 1.56 bits per heavy atom. The van der Waals surface area contributed by atoms with Crippen molar-refractivity contribution in [1.82, 2.24) is 15.3 Å². The number of anilines is 1. The minimum atomic E-state index is -0.0882. The fourth-order valence-corrected chi connectivity index (χ4v) is 2.51. The summed E-state index contributed by atoms with van der Waals surface area (Å²) in [6.07, 6.45) is 6.72. The van der Waals surface area contributed by atoms with E-state index in [9.17, 15) is 4.79 Å². The molecular formula is C13H22N4O. The van der Waals surface area contributed by atoms with E-state index in [1.165, 1.54) is 12.8 Å². The second-order valence-corrected chi connectivity index (χ2v) is 4.90. The standard InChI is InChI=1S/C13H22N4O/c1-2-8-17(10-11-4-3-5-14-9-11)12-13(18)16-7-6-15-12/h6-7,11,14H,2-5,8-10H2,1H3,(H,16,18). The molecule has 100 valence electrons. The average molecular weight is 250 g/mol. The van der Waals surface area contributed by atoms with Gasteiger partial charge in [-0.1, -0.05) is 6.92 Å². The van der Waals surface area contributed by atoms with Crippen LogP contribution in [-0.2, 0) is 0 Å². The maximum Gasteiger partial charge on any atom is 0.290 e. The maximum absolute atomic E-state index is 11.8. The van der Waals surface area contributed by atoms with Crippen molar-refractivity contribution in [3.8, 4) is 0 Å². The molecule has 0 bridgehead atoms. The molecule has 1 unspecified atom stereocenters. The van der Waals surface area contributed by atoms with Crippen molar-refractivity contribution in [2.45, 2.75) is 26.2 Å². The Labute approximate surface area is 108 Å². The number of aromatic nitrogens is 2. The highest BCUT2D eigenvalue weighted by molar-refractivity contribution is 5.35. The Morgan fingerprint density at radius 2 is 2.44 bits per heavy atom. The van der Waals surface area contributed by atoms with Gasteiger partial charge in [-0.15, -0.1) is 0 Å². The van der Waals surface area contributed by atoms with Crippen LogP contribution in [0.4, 0.5) is 5.82 Å². The van der Waals surface area contributed by atoms with E-state index in [1.54, 1.807) is 12.4 Å². The van der Waals surface area contributed by atoms with Crippen LogP contribution in [0.1, 0.15) is 26.2 Å². The molecule has 0 saturated carbocycles. The summed E-state index contributed by atoms with van der Waals surface area (Å²) in [6.45, 7) is 6.10. The summed E-state index contributed by atoms with van der Waals surface area (Å²) in [4.78, 5) is 20.8. The zero-order valence-electron chi connectivity index (χ0n) is 11.0. The van der Waals surface area contributed by atoms with Gasteiger partial charge in [0.05, 0.1) is 0 Å². The molecule has 1 aromatic heterocycles. The summed E-state index contributed by atoms with van der Waals surface area (Å²) >= 11 is 0. The van der Waals surface area contributed by atoms with Crippen LogP contribution in [0.3, 0.4) is 0 Å². The number of aromatic amines is 1. The first-order valence-electron chi connectivity index (χ1n) is 6.80. The molecule has 5 nitrogen and oxygen atoms in total. The SMILES string of the molecule is CCCN(CC1CCCNC1)c1ncc[nH]c1=O. The van der Waals surface area contributed by atoms with Crippen LogP contribution < -0.4 is 15.8 Å². The number of H-pyrrole nitrogens is 1. The molecule has 0 amide bonds. The molecule has 0 aromatic carbocycles. The average Bonchev–Trinajstić information content (AvgIpc) is 2.40. The fourth-order valence-electron chi connectivity index (χ4n) is 2.51. The summed E-state index contributed by atoms with van der Waals surface area (Å²) in [5.74, 6) is 1.18. The van der Waals surface area contributed by atoms with E-state index in [0.717, 1.165) is 32.6 Å². The van der Waals surface area contributed by atoms with Crippen LogP contribution in [0.15, 0.2) is 17.2 Å². The van der Waals surface area contributed by atoms with E-state index in [0.29, 0.717) is 11.7 Å². The molecule has 1 aliphatic heterocycles. The molecule has 1 saturated heterocycles. The van der Waals surface area contributed by atoms with Gasteiger partial charge in [-0.25, -0.2) is 4.98 Å². The van der Waals surface area contributed by atoms with Gasteiger partial charge in [-0.2, -0.15) is 0 Å². The van der Waals surface area contributed by atoms with Gasteiger partial charge < -0.3 is 15.2 Å². The molecule has 0 spiro atoms. The van der Waals surface area contributed by atoms with Gasteiger partial charge in [0.1, 0.15) is 0 Å². The number of nitrogens with zero attached hydrogens (tertiary/aromatic N) is 2. The number of piperidine rings is 1. The number of nitrogens with one attached hydrogen (secondary N) is 2. The van der Waals surface area contributed by atoms with Crippen molar-refractivity contribution in [1.29, 1.82) is 0 Å². The smallest absolute Gasteiger partial charge is 0.290 e. The van der Waals surface area contributed by atoms with Crippen molar-refractivity contribution in [2.24, 2.45) is 5.92 Å². The van der Waals surface area contributed by atoms with Gasteiger partial charge in [-0.05, 0) is 38.3 Å². The molecule has 2 rings (SSSR count). The molecule has 0 aliphatic carbocycles. The topological polar surface area (TPSA) is 61.0 Å². The minimum absolute atomic E-state index is 0.0882. The lowest BCUT2D eigenvalue weighted by molar-refractivity contribution is 0.375. The number of hydrogen-bond acceptors (Lipinski definition) is 4. The molecular weight excluding hydrogens is 228 g/mol. The highest BCUT2D eigenvalue weighted by Crippen LogP contribution is 2.14. The lowest BCUT2D eigenvalue weighted by Gasteiger charge is -2.30. The van der Waals surface area contributed by atoms with E-state index >= 15 is 0 Å². The largest absolute Gasteiger partial charge is 0.352 e. The van der Waals surface area contributed by atoms with Gasteiger partial charge in [0.15, 0.2) is 5.82 Å². The summed E-state index contributed by atoms with van der Waals surface area (Å²) in [6, 6.07) is 0. The zero-order valence-corrected chi connectivity index (χ0v) is 11.0. The molecule has 5 heteroatoms. The zero-order chi connectivity index (χ0) is 12.8. The summed E-state index contributed by atoms with van der Waals surface area (Å²) < 4.78 is 0. The van der Waals surface area contributed by atoms with Gasteiger partial charge >= 0.3 is 0 Å². The van der Waals surface area contributed by atoms with E-state index in [4.69, 9.17) is 0 Å². The Balaban J connectivity index is 2.07. The van der Waals surface area contributed by atoms with E-state index < -0.39 is 0 Å². The molecule has 1 aliphatic rings. The van der Waals surface area contributed by atoms with E-state index in [2.05, 4.69) is 27.1 Å². The third kappa shape index (κ3) is 3.32. The van der Waals surface area contributed by atoms with Gasteiger partial charge in [0.2, 0.25) is 0 Å². The highest BCUT2D eigenvalue weighted by Gasteiger charge is 2.19. The second-order valence-electron chi connectivity index (χ2n) is 4.90. The molecule has 18 heavy (non-hydrogen) atoms. The quantitative estimate of drug-likeness (QED) is 0.818. The predicted molar refractivity (Wildman–Crippen MR) is 73.0 cm³/mol. The Bertz CT molecular complexity index is 411. The molecule has 2 heterocycles. The molecule has 0 radical (unpaired) electrons. The predicted octanol–water partition coefficient (Wildman–Crippen LogP) is 0.986. The van der Waals surface area contributed by atoms with Crippen LogP contribution in [0, 0.1) is 5.92 Å². The van der Waals surface area contributed by atoms with Crippen LogP contribution in [-0.4, -0.2) is 36.1 Å². The first kappa shape index (κ1) is 13.1. The first-order chi connectivity index (χ1) is 8.81. The molecule has 1 fully saturated rings. The normalized spacial score (nSPS) is 19.7. The summed E-state index contributed by atoms with van der Waals surface area (Å²) in [5.41, 5.74) is -0.0882. The Kier molecular flexibility index (Phi) is 4.75. The third-order valence-corrected chi connectivity index (χ3v) is 3.36. The van der Waals surface area contributed by atoms with Crippen LogP contribution >= 0.6 is 0 Å². The summed E-state index contributed by atoms with van der Waals surface area (Å²) in [5, 5.41) is 3.42. The van der Waals surface area contributed by atoms with Crippen molar-refractivity contribution in [3.63, 3.8) is 0 Å². The summed E-state index contributed by atoms with van der Waals surface area (Å²) in [7, 11) is 0. The van der Waals surface area contributed by atoms with Crippen molar-refractivity contribution < 1.29 is 0 Å². The van der Waals surface area contributed by atoms with Crippen molar-refractivity contribution in [3.05, 3.63) is 22.7 Å². The van der Waals surface area contributed by atoms with Gasteiger partial charge in [0, 0.05) is 25.5 Å². The molecule has 1 atom stereocenters. The van der Waals surface area contributed by atoms with Crippen molar-refractivity contribution >= 4 is 5.82 Å². The van der Waals surface area contributed by atoms with Gasteiger partial charge in [0.25, 0.3) is 5.56 Å². The monoisotopic (exact) mass is 250 g/mol. The first-order valence-corrected chi connectivity index (χ1v) is 6.80. The van der Waals surface area contributed by atoms with E-state index in [-0.39, 0.29) is 5.56 Å². The number of hydrogen-bond donors (Lipinski definition) is 2. The van der Waals surface area contributed by atoms with Crippen LogP contribution in [0.25, 0.3) is 0 Å². The fraction of sp³-hybridized carbons (Fsp3) is 0.692. The highest BCUT2D eigenvalue weighted by atomic mass is 16.1. The van der Waals surface area contributed by atoms with Crippen LogP contribution in [0.2, 0.25) is 0 Å². The minimum Gasteiger partial charge on any atom is -0.352 e. The third-order valence-electron chi connectivity index (χ3n) is 3.36. The molecule has 2 N–H and O–H groups in total. The van der Waals surface area contributed by atoms with E-state index in [1.807, 2.05) is 0 Å². The van der Waals surface area contributed by atoms with Gasteiger partial charge in [-0.3, -0.25) is 4.79 Å². The molecule has 1 aromatic rings. The van der Waals surface area contributed by atoms with Crippen LogP contribution in [0.5, 0.6) is 0 Å². The second kappa shape index (κ2) is 6.54. The Morgan fingerprint density at radius 3 is 3.11 bits per heavy atom. The lowest BCUT2D eigenvalue weighted by atomic mass is 9.99.